The van der Waals surface area contributed by atoms with E-state index in [0.717, 1.165) is 13.1 Å². The molecule has 94 valence electrons. The van der Waals surface area contributed by atoms with Gasteiger partial charge in [-0.25, -0.2) is 4.39 Å². The molecular weight excluding hydrogens is 239 g/mol. The van der Waals surface area contributed by atoms with Crippen LogP contribution in [0.3, 0.4) is 0 Å². The lowest BCUT2D eigenvalue weighted by atomic mass is 10.2. The maximum absolute atomic E-state index is 13.0. The largest absolute Gasteiger partial charge is 0.351 e. The smallest absolute Gasteiger partial charge is 0.251 e. The first-order chi connectivity index (χ1) is 8.04. The molecule has 0 spiro atoms. The molecule has 1 rings (SSSR count). The van der Waals surface area contributed by atoms with Gasteiger partial charge in [0.1, 0.15) is 5.82 Å². The third-order valence-corrected chi connectivity index (χ3v) is 2.87. The average Bonchev–Trinajstić information content (AvgIpc) is 2.32. The van der Waals surface area contributed by atoms with Crippen molar-refractivity contribution in [2.45, 2.75) is 11.8 Å². The van der Waals surface area contributed by atoms with E-state index in [-0.39, 0.29) is 10.8 Å². The highest BCUT2D eigenvalue weighted by molar-refractivity contribution is 7.80. The Kier molecular flexibility index (Phi) is 5.44. The predicted octanol–water partition coefficient (Wildman–Crippen LogP) is 1.80. The minimum absolute atomic E-state index is 0.184. The van der Waals surface area contributed by atoms with Gasteiger partial charge in [0, 0.05) is 23.5 Å². The van der Waals surface area contributed by atoms with Crippen molar-refractivity contribution in [2.75, 3.05) is 26.7 Å². The van der Waals surface area contributed by atoms with Gasteiger partial charge in [-0.3, -0.25) is 4.79 Å². The lowest BCUT2D eigenvalue weighted by Crippen LogP contribution is -2.32. The van der Waals surface area contributed by atoms with Gasteiger partial charge in [0.05, 0.1) is 0 Å². The van der Waals surface area contributed by atoms with Crippen LogP contribution < -0.4 is 5.32 Å². The Morgan fingerprint density at radius 3 is 2.82 bits per heavy atom. The molecule has 0 aromatic heterocycles. The topological polar surface area (TPSA) is 32.3 Å². The van der Waals surface area contributed by atoms with Crippen molar-refractivity contribution < 1.29 is 9.18 Å². The van der Waals surface area contributed by atoms with Gasteiger partial charge in [0.15, 0.2) is 0 Å². The Labute approximate surface area is 106 Å². The summed E-state index contributed by atoms with van der Waals surface area (Å²) in [4.78, 5) is 14.0. The molecule has 0 aliphatic rings. The summed E-state index contributed by atoms with van der Waals surface area (Å²) in [6.45, 7) is 4.35. The lowest BCUT2D eigenvalue weighted by Gasteiger charge is -2.14. The second kappa shape index (κ2) is 6.61. The van der Waals surface area contributed by atoms with Gasteiger partial charge in [0.25, 0.3) is 5.91 Å². The van der Waals surface area contributed by atoms with Crippen LogP contribution in [0.1, 0.15) is 17.3 Å². The van der Waals surface area contributed by atoms with Gasteiger partial charge in [-0.15, -0.1) is 12.6 Å². The third kappa shape index (κ3) is 4.36. The number of carbonyl (C=O) groups excluding carboxylic acids is 1. The number of halogens is 1. The Bertz CT molecular complexity index is 398. The van der Waals surface area contributed by atoms with Crippen LogP contribution in [0.5, 0.6) is 0 Å². The van der Waals surface area contributed by atoms with Crippen LogP contribution >= 0.6 is 12.6 Å². The monoisotopic (exact) mass is 256 g/mol. The fourth-order valence-corrected chi connectivity index (χ4v) is 1.49. The molecule has 0 bridgehead atoms. The number of hydrogen-bond acceptors (Lipinski definition) is 3. The van der Waals surface area contributed by atoms with E-state index in [1.807, 2.05) is 7.05 Å². The number of likely N-dealkylation sites (N-methyl/N-ethyl adjacent to an activating group) is 1. The molecule has 3 nitrogen and oxygen atoms in total. The van der Waals surface area contributed by atoms with Crippen LogP contribution in [0.25, 0.3) is 0 Å². The van der Waals surface area contributed by atoms with E-state index in [9.17, 15) is 9.18 Å². The van der Waals surface area contributed by atoms with E-state index in [0.29, 0.717) is 12.1 Å². The number of carbonyl (C=O) groups is 1. The molecule has 0 radical (unpaired) electrons. The van der Waals surface area contributed by atoms with Crippen LogP contribution in [-0.4, -0.2) is 37.5 Å². The fraction of sp³-hybridized carbons (Fsp3) is 0.417. The summed E-state index contributed by atoms with van der Waals surface area (Å²) >= 11 is 3.94. The molecule has 5 heteroatoms. The fourth-order valence-electron chi connectivity index (χ4n) is 1.27. The highest BCUT2D eigenvalue weighted by Crippen LogP contribution is 2.13. The molecule has 1 aromatic carbocycles. The van der Waals surface area contributed by atoms with E-state index >= 15 is 0 Å². The summed E-state index contributed by atoms with van der Waals surface area (Å²) in [5, 5.41) is 2.77. The van der Waals surface area contributed by atoms with Crippen LogP contribution in [0, 0.1) is 5.82 Å². The minimum Gasteiger partial charge on any atom is -0.351 e. The number of benzene rings is 1. The number of amides is 1. The van der Waals surface area contributed by atoms with E-state index in [1.54, 1.807) is 0 Å². The van der Waals surface area contributed by atoms with Gasteiger partial charge in [-0.1, -0.05) is 6.92 Å². The van der Waals surface area contributed by atoms with E-state index < -0.39 is 5.82 Å². The van der Waals surface area contributed by atoms with E-state index in [1.165, 1.54) is 18.2 Å². The number of thiol groups is 1. The van der Waals surface area contributed by atoms with Gasteiger partial charge in [-0.2, -0.15) is 0 Å². The quantitative estimate of drug-likeness (QED) is 0.787. The third-order valence-electron chi connectivity index (χ3n) is 2.53. The number of rotatable bonds is 5. The minimum atomic E-state index is -0.421. The maximum atomic E-state index is 13.0. The second-order valence-corrected chi connectivity index (χ2v) is 4.30. The van der Waals surface area contributed by atoms with Gasteiger partial charge < -0.3 is 10.2 Å². The van der Waals surface area contributed by atoms with Gasteiger partial charge in [0.2, 0.25) is 0 Å². The second-order valence-electron chi connectivity index (χ2n) is 3.82. The van der Waals surface area contributed by atoms with Crippen molar-refractivity contribution in [1.82, 2.24) is 10.2 Å². The zero-order valence-electron chi connectivity index (χ0n) is 10.0. The molecular formula is C12H17FN2OS. The van der Waals surface area contributed by atoms with Crippen molar-refractivity contribution in [3.63, 3.8) is 0 Å². The number of hydrogen-bond donors (Lipinski definition) is 2. The Hall–Kier alpha value is -1.07. The maximum Gasteiger partial charge on any atom is 0.251 e. The normalized spacial score (nSPS) is 10.6. The van der Waals surface area contributed by atoms with Gasteiger partial charge in [-0.05, 0) is 31.8 Å². The SMILES string of the molecule is CCN(C)CCNC(=O)c1ccc(F)c(S)c1. The summed E-state index contributed by atoms with van der Waals surface area (Å²) < 4.78 is 13.0. The predicted molar refractivity (Wildman–Crippen MR) is 69.2 cm³/mol. The highest BCUT2D eigenvalue weighted by Gasteiger charge is 2.07. The first-order valence-electron chi connectivity index (χ1n) is 5.50. The lowest BCUT2D eigenvalue weighted by molar-refractivity contribution is 0.0950. The molecule has 0 heterocycles. The summed E-state index contributed by atoms with van der Waals surface area (Å²) in [7, 11) is 1.98. The summed E-state index contributed by atoms with van der Waals surface area (Å²) in [5.41, 5.74) is 0.426. The number of nitrogens with zero attached hydrogens (tertiary/aromatic N) is 1. The molecule has 1 aromatic rings. The first-order valence-corrected chi connectivity index (χ1v) is 5.94. The Morgan fingerprint density at radius 1 is 1.53 bits per heavy atom. The first kappa shape index (κ1) is 14.0. The standard InChI is InChI=1S/C12H17FN2OS/c1-3-15(2)7-6-14-12(16)9-4-5-10(13)11(17)8-9/h4-5,8,17H,3,6-7H2,1-2H3,(H,14,16). The zero-order chi connectivity index (χ0) is 12.8. The number of nitrogens with one attached hydrogen (secondary N) is 1. The molecule has 1 amide bonds. The Morgan fingerprint density at radius 2 is 2.24 bits per heavy atom. The van der Waals surface area contributed by atoms with Crippen molar-refractivity contribution in [3.8, 4) is 0 Å². The van der Waals surface area contributed by atoms with Crippen molar-refractivity contribution in [2.24, 2.45) is 0 Å². The molecule has 0 fully saturated rings. The molecule has 0 aliphatic carbocycles. The molecule has 0 aliphatic heterocycles. The van der Waals surface area contributed by atoms with Crippen LogP contribution in [0.4, 0.5) is 4.39 Å². The van der Waals surface area contributed by atoms with Crippen molar-refractivity contribution in [1.29, 1.82) is 0 Å². The summed E-state index contributed by atoms with van der Waals surface area (Å²) in [5.74, 6) is -0.625. The Balaban J connectivity index is 2.50. The molecule has 0 unspecified atom stereocenters. The molecule has 0 saturated heterocycles. The van der Waals surface area contributed by atoms with Gasteiger partial charge >= 0.3 is 0 Å². The van der Waals surface area contributed by atoms with Crippen LogP contribution in [0.15, 0.2) is 23.1 Å². The van der Waals surface area contributed by atoms with E-state index in [2.05, 4.69) is 29.8 Å². The van der Waals surface area contributed by atoms with Crippen LogP contribution in [-0.2, 0) is 0 Å². The molecule has 0 saturated carbocycles. The molecule has 1 N–H and O–H groups in total. The summed E-state index contributed by atoms with van der Waals surface area (Å²) in [6, 6.07) is 4.13. The van der Waals surface area contributed by atoms with E-state index in [4.69, 9.17) is 0 Å². The van der Waals surface area contributed by atoms with Crippen molar-refractivity contribution in [3.05, 3.63) is 29.6 Å². The van der Waals surface area contributed by atoms with Crippen molar-refractivity contribution >= 4 is 18.5 Å². The average molecular weight is 256 g/mol. The molecule has 0 atom stereocenters. The zero-order valence-corrected chi connectivity index (χ0v) is 10.9. The summed E-state index contributed by atoms with van der Waals surface area (Å²) in [6.07, 6.45) is 0. The highest BCUT2D eigenvalue weighted by atomic mass is 32.1. The van der Waals surface area contributed by atoms with Crippen LogP contribution in [0.2, 0.25) is 0 Å². The molecule has 17 heavy (non-hydrogen) atoms.